The Morgan fingerprint density at radius 3 is 2.62 bits per heavy atom. The highest BCUT2D eigenvalue weighted by atomic mass is 16.1. The lowest BCUT2D eigenvalue weighted by Gasteiger charge is -2.00. The number of hydrogen-bond acceptors (Lipinski definition) is 2. The topological polar surface area (TPSA) is 50.2 Å². The first-order valence-electron chi connectivity index (χ1n) is 4.97. The molecular formula is C12H9N3O. The van der Waals surface area contributed by atoms with Crippen molar-refractivity contribution in [2.24, 2.45) is 0 Å². The predicted octanol–water partition coefficient (Wildman–Crippen LogP) is 1.69. The van der Waals surface area contributed by atoms with Crippen LogP contribution in [0.1, 0.15) is 0 Å². The van der Waals surface area contributed by atoms with Crippen molar-refractivity contribution in [2.45, 2.75) is 0 Å². The van der Waals surface area contributed by atoms with E-state index >= 15 is 0 Å². The van der Waals surface area contributed by atoms with E-state index in [2.05, 4.69) is 10.2 Å². The van der Waals surface area contributed by atoms with E-state index in [0.29, 0.717) is 5.65 Å². The molecule has 16 heavy (non-hydrogen) atoms. The second kappa shape index (κ2) is 3.34. The standard InChI is InChI=1S/C12H9N3O/c16-12-14-13-11-7-6-10(8-15(11)12)9-4-2-1-3-5-9/h1-8H,(H,14,16). The van der Waals surface area contributed by atoms with Crippen LogP contribution in [0.25, 0.3) is 16.8 Å². The minimum Gasteiger partial charge on any atom is -0.250 e. The molecule has 4 nitrogen and oxygen atoms in total. The lowest BCUT2D eigenvalue weighted by atomic mass is 10.1. The fourth-order valence-corrected chi connectivity index (χ4v) is 1.71. The van der Waals surface area contributed by atoms with Crippen LogP contribution in [-0.2, 0) is 0 Å². The summed E-state index contributed by atoms with van der Waals surface area (Å²) in [4.78, 5) is 11.4. The van der Waals surface area contributed by atoms with Crippen molar-refractivity contribution in [1.29, 1.82) is 0 Å². The van der Waals surface area contributed by atoms with Crippen molar-refractivity contribution < 1.29 is 0 Å². The lowest BCUT2D eigenvalue weighted by molar-refractivity contribution is 1.02. The van der Waals surface area contributed by atoms with Crippen LogP contribution in [0.5, 0.6) is 0 Å². The first kappa shape index (κ1) is 8.91. The Labute approximate surface area is 91.2 Å². The van der Waals surface area contributed by atoms with Gasteiger partial charge in [-0.1, -0.05) is 30.3 Å². The van der Waals surface area contributed by atoms with Crippen molar-refractivity contribution in [3.8, 4) is 11.1 Å². The molecule has 0 bridgehead atoms. The van der Waals surface area contributed by atoms with Gasteiger partial charge in [0.2, 0.25) is 0 Å². The van der Waals surface area contributed by atoms with E-state index < -0.39 is 0 Å². The molecule has 0 unspecified atom stereocenters. The minimum atomic E-state index is -0.215. The zero-order chi connectivity index (χ0) is 11.0. The lowest BCUT2D eigenvalue weighted by Crippen LogP contribution is -2.08. The quantitative estimate of drug-likeness (QED) is 0.665. The molecule has 4 heteroatoms. The van der Waals surface area contributed by atoms with Crippen molar-refractivity contribution in [1.82, 2.24) is 14.6 Å². The highest BCUT2D eigenvalue weighted by Crippen LogP contribution is 2.18. The second-order valence-corrected chi connectivity index (χ2v) is 3.54. The molecule has 0 saturated carbocycles. The van der Waals surface area contributed by atoms with Crippen molar-refractivity contribution in [2.75, 3.05) is 0 Å². The number of aromatic amines is 1. The van der Waals surface area contributed by atoms with Crippen LogP contribution in [0.3, 0.4) is 0 Å². The molecule has 0 saturated heterocycles. The number of hydrogen-bond donors (Lipinski definition) is 1. The molecule has 3 rings (SSSR count). The van der Waals surface area contributed by atoms with Gasteiger partial charge in [-0.05, 0) is 23.3 Å². The highest BCUT2D eigenvalue weighted by Gasteiger charge is 2.02. The Kier molecular flexibility index (Phi) is 1.86. The molecule has 0 fully saturated rings. The van der Waals surface area contributed by atoms with Gasteiger partial charge in [0, 0.05) is 6.20 Å². The summed E-state index contributed by atoms with van der Waals surface area (Å²) in [7, 11) is 0. The third-order valence-corrected chi connectivity index (χ3v) is 2.52. The highest BCUT2D eigenvalue weighted by molar-refractivity contribution is 5.64. The minimum absolute atomic E-state index is 0.215. The molecule has 0 aliphatic rings. The van der Waals surface area contributed by atoms with Crippen molar-refractivity contribution in [3.05, 3.63) is 59.1 Å². The van der Waals surface area contributed by atoms with Crippen LogP contribution < -0.4 is 5.69 Å². The maximum absolute atomic E-state index is 11.4. The average Bonchev–Trinajstić information content (AvgIpc) is 2.72. The van der Waals surface area contributed by atoms with Gasteiger partial charge in [-0.15, -0.1) is 0 Å². The first-order valence-corrected chi connectivity index (χ1v) is 4.97. The summed E-state index contributed by atoms with van der Waals surface area (Å²) in [5, 5.41) is 6.29. The fraction of sp³-hybridized carbons (Fsp3) is 0. The van der Waals surface area contributed by atoms with E-state index in [1.807, 2.05) is 42.5 Å². The van der Waals surface area contributed by atoms with Crippen LogP contribution in [0.2, 0.25) is 0 Å². The van der Waals surface area contributed by atoms with E-state index in [0.717, 1.165) is 11.1 Å². The van der Waals surface area contributed by atoms with Crippen LogP contribution >= 0.6 is 0 Å². The van der Waals surface area contributed by atoms with Crippen molar-refractivity contribution in [3.63, 3.8) is 0 Å². The Morgan fingerprint density at radius 1 is 1.00 bits per heavy atom. The maximum atomic E-state index is 11.4. The Bertz CT molecular complexity index is 682. The van der Waals surface area contributed by atoms with Gasteiger partial charge in [-0.2, -0.15) is 5.10 Å². The summed E-state index contributed by atoms with van der Waals surface area (Å²) in [6, 6.07) is 13.7. The van der Waals surface area contributed by atoms with E-state index in [-0.39, 0.29) is 5.69 Å². The summed E-state index contributed by atoms with van der Waals surface area (Å²) in [5.41, 5.74) is 2.49. The largest absolute Gasteiger partial charge is 0.347 e. The Morgan fingerprint density at radius 2 is 1.81 bits per heavy atom. The SMILES string of the molecule is O=c1[nH]nc2ccc(-c3ccccc3)cn12. The third kappa shape index (κ3) is 1.32. The maximum Gasteiger partial charge on any atom is 0.347 e. The van der Waals surface area contributed by atoms with Crippen LogP contribution in [-0.4, -0.2) is 14.6 Å². The molecule has 3 aromatic rings. The number of aromatic nitrogens is 3. The van der Waals surface area contributed by atoms with Gasteiger partial charge in [-0.25, -0.2) is 14.3 Å². The predicted molar refractivity (Wildman–Crippen MR) is 61.2 cm³/mol. The first-order chi connectivity index (χ1) is 7.84. The zero-order valence-electron chi connectivity index (χ0n) is 8.42. The number of fused-ring (bicyclic) bond motifs is 1. The van der Waals surface area contributed by atoms with Crippen molar-refractivity contribution >= 4 is 5.65 Å². The molecule has 0 spiro atoms. The molecule has 0 aliphatic heterocycles. The normalized spacial score (nSPS) is 10.8. The molecular weight excluding hydrogens is 202 g/mol. The average molecular weight is 211 g/mol. The van der Waals surface area contributed by atoms with E-state index in [1.54, 1.807) is 6.20 Å². The molecule has 1 N–H and O–H groups in total. The van der Waals surface area contributed by atoms with Crippen LogP contribution in [0.4, 0.5) is 0 Å². The van der Waals surface area contributed by atoms with Gasteiger partial charge in [-0.3, -0.25) is 0 Å². The molecule has 0 radical (unpaired) electrons. The Hall–Kier alpha value is -2.36. The summed E-state index contributed by atoms with van der Waals surface area (Å²) in [5.74, 6) is 0. The van der Waals surface area contributed by atoms with Gasteiger partial charge in [0.05, 0.1) is 0 Å². The molecule has 2 heterocycles. The number of benzene rings is 1. The smallest absolute Gasteiger partial charge is 0.250 e. The van der Waals surface area contributed by atoms with E-state index in [1.165, 1.54) is 4.40 Å². The zero-order valence-corrected chi connectivity index (χ0v) is 8.42. The summed E-state index contributed by atoms with van der Waals surface area (Å²) in [6.07, 6.45) is 1.79. The molecule has 2 aromatic heterocycles. The van der Waals surface area contributed by atoms with Gasteiger partial charge in [0.15, 0.2) is 5.65 Å². The van der Waals surface area contributed by atoms with E-state index in [4.69, 9.17) is 0 Å². The summed E-state index contributed by atoms with van der Waals surface area (Å²) in [6.45, 7) is 0. The number of H-pyrrole nitrogens is 1. The Balaban J connectivity index is 2.26. The molecule has 1 aromatic carbocycles. The number of nitrogens with zero attached hydrogens (tertiary/aromatic N) is 2. The second-order valence-electron chi connectivity index (χ2n) is 3.54. The summed E-state index contributed by atoms with van der Waals surface area (Å²) >= 11 is 0. The number of rotatable bonds is 1. The van der Waals surface area contributed by atoms with E-state index in [9.17, 15) is 4.79 Å². The molecule has 78 valence electrons. The fourth-order valence-electron chi connectivity index (χ4n) is 1.71. The molecule has 0 amide bonds. The van der Waals surface area contributed by atoms with Crippen LogP contribution in [0.15, 0.2) is 53.5 Å². The summed E-state index contributed by atoms with van der Waals surface area (Å²) < 4.78 is 1.50. The van der Waals surface area contributed by atoms with Gasteiger partial charge < -0.3 is 0 Å². The third-order valence-electron chi connectivity index (χ3n) is 2.52. The van der Waals surface area contributed by atoms with Crippen LogP contribution in [0, 0.1) is 0 Å². The number of pyridine rings is 1. The number of nitrogens with one attached hydrogen (secondary N) is 1. The van der Waals surface area contributed by atoms with Gasteiger partial charge >= 0.3 is 5.69 Å². The van der Waals surface area contributed by atoms with Gasteiger partial charge in [0.25, 0.3) is 0 Å². The molecule has 0 atom stereocenters. The monoisotopic (exact) mass is 211 g/mol. The molecule has 0 aliphatic carbocycles. The van der Waals surface area contributed by atoms with Gasteiger partial charge in [0.1, 0.15) is 0 Å².